The van der Waals surface area contributed by atoms with Crippen LogP contribution in [-0.4, -0.2) is 30.3 Å². The van der Waals surface area contributed by atoms with E-state index in [4.69, 9.17) is 0 Å². The molecule has 2 N–H and O–H groups in total. The first-order chi connectivity index (χ1) is 8.65. The van der Waals surface area contributed by atoms with Gasteiger partial charge in [0.25, 0.3) is 0 Å². The molecule has 0 aliphatic heterocycles. The zero-order chi connectivity index (χ0) is 13.4. The van der Waals surface area contributed by atoms with E-state index in [1.165, 1.54) is 12.8 Å². The van der Waals surface area contributed by atoms with E-state index in [-0.39, 0.29) is 12.1 Å². The molecule has 0 saturated carbocycles. The summed E-state index contributed by atoms with van der Waals surface area (Å²) in [5.41, 5.74) is 4.44. The summed E-state index contributed by atoms with van der Waals surface area (Å²) in [6, 6.07) is 10.1. The fraction of sp³-hybridized carbons (Fsp3) is 0.600. The summed E-state index contributed by atoms with van der Waals surface area (Å²) in [4.78, 5) is 0. The van der Waals surface area contributed by atoms with E-state index in [1.807, 2.05) is 37.3 Å². The van der Waals surface area contributed by atoms with Gasteiger partial charge in [0.2, 0.25) is 0 Å². The van der Waals surface area contributed by atoms with Crippen LogP contribution in [0.3, 0.4) is 0 Å². The lowest BCUT2D eigenvalue weighted by atomic mass is 9.98. The van der Waals surface area contributed by atoms with Crippen LogP contribution in [0.5, 0.6) is 0 Å². The van der Waals surface area contributed by atoms with Crippen LogP contribution in [0.4, 0.5) is 0 Å². The Hall–Kier alpha value is -0.900. The average Bonchev–Trinajstić information content (AvgIpc) is 2.37. The monoisotopic (exact) mass is 250 g/mol. The molecule has 0 aromatic heterocycles. The number of nitrogens with one attached hydrogen (secondary N) is 1. The van der Waals surface area contributed by atoms with Gasteiger partial charge in [0.1, 0.15) is 0 Å². The summed E-state index contributed by atoms with van der Waals surface area (Å²) in [5.74, 6) is 0. The SMILES string of the molecule is CCCCC[C@H](O)[C@@H](NN(C)C)c1ccccc1. The molecule has 0 amide bonds. The van der Waals surface area contributed by atoms with E-state index in [9.17, 15) is 5.11 Å². The van der Waals surface area contributed by atoms with Crippen molar-refractivity contribution in [2.45, 2.75) is 44.8 Å². The Balaban J connectivity index is 2.66. The Morgan fingerprint density at radius 1 is 1.17 bits per heavy atom. The van der Waals surface area contributed by atoms with Crippen molar-refractivity contribution in [1.82, 2.24) is 10.4 Å². The molecule has 2 atom stereocenters. The topological polar surface area (TPSA) is 35.5 Å². The highest BCUT2D eigenvalue weighted by atomic mass is 16.3. The minimum Gasteiger partial charge on any atom is -0.391 e. The van der Waals surface area contributed by atoms with E-state index >= 15 is 0 Å². The zero-order valence-corrected chi connectivity index (χ0v) is 11.8. The normalized spacial score (nSPS) is 14.7. The van der Waals surface area contributed by atoms with Crippen molar-refractivity contribution in [2.24, 2.45) is 0 Å². The molecule has 3 heteroatoms. The summed E-state index contributed by atoms with van der Waals surface area (Å²) >= 11 is 0. The fourth-order valence-electron chi connectivity index (χ4n) is 2.09. The molecule has 0 spiro atoms. The number of nitrogens with zero attached hydrogens (tertiary/aromatic N) is 1. The third-order valence-electron chi connectivity index (χ3n) is 3.04. The highest BCUT2D eigenvalue weighted by molar-refractivity contribution is 5.19. The lowest BCUT2D eigenvalue weighted by Crippen LogP contribution is -2.40. The number of aliphatic hydroxyl groups is 1. The third-order valence-corrected chi connectivity index (χ3v) is 3.04. The van der Waals surface area contributed by atoms with Gasteiger partial charge in [-0.25, -0.2) is 10.4 Å². The van der Waals surface area contributed by atoms with E-state index in [2.05, 4.69) is 24.5 Å². The minimum absolute atomic E-state index is 0.0296. The van der Waals surface area contributed by atoms with Gasteiger partial charge in [0, 0.05) is 14.1 Å². The third kappa shape index (κ3) is 5.17. The standard InChI is InChI=1S/C15H26N2O/c1-4-5-7-12-14(18)15(16-17(2)3)13-10-8-6-9-11-13/h6,8-11,14-16,18H,4-5,7,12H2,1-3H3/t14-,15-/m0/s1. The van der Waals surface area contributed by atoms with Crippen LogP contribution < -0.4 is 5.43 Å². The second-order valence-corrected chi connectivity index (χ2v) is 4.98. The smallest absolute Gasteiger partial charge is 0.0748 e. The Bertz CT molecular complexity index is 314. The first-order valence-electron chi connectivity index (χ1n) is 6.81. The Morgan fingerprint density at radius 2 is 1.83 bits per heavy atom. The van der Waals surface area contributed by atoms with Gasteiger partial charge in [-0.15, -0.1) is 0 Å². The number of hydrogen-bond donors (Lipinski definition) is 2. The number of unbranched alkanes of at least 4 members (excludes halogenated alkanes) is 2. The molecule has 3 nitrogen and oxygen atoms in total. The molecular formula is C15H26N2O. The molecule has 0 saturated heterocycles. The van der Waals surface area contributed by atoms with Crippen LogP contribution in [-0.2, 0) is 0 Å². The molecule has 0 aliphatic rings. The molecule has 1 aromatic carbocycles. The summed E-state index contributed by atoms with van der Waals surface area (Å²) in [7, 11) is 3.91. The van der Waals surface area contributed by atoms with Crippen molar-refractivity contribution in [2.75, 3.05) is 14.1 Å². The number of aliphatic hydroxyl groups excluding tert-OH is 1. The van der Waals surface area contributed by atoms with E-state index in [1.54, 1.807) is 0 Å². The second-order valence-electron chi connectivity index (χ2n) is 4.98. The van der Waals surface area contributed by atoms with E-state index in [0.29, 0.717) is 0 Å². The Morgan fingerprint density at radius 3 is 2.39 bits per heavy atom. The first kappa shape index (κ1) is 15.2. The van der Waals surface area contributed by atoms with E-state index < -0.39 is 0 Å². The van der Waals surface area contributed by atoms with Gasteiger partial charge >= 0.3 is 0 Å². The van der Waals surface area contributed by atoms with Gasteiger partial charge in [0.05, 0.1) is 12.1 Å². The van der Waals surface area contributed by atoms with Gasteiger partial charge < -0.3 is 5.11 Å². The number of benzene rings is 1. The van der Waals surface area contributed by atoms with E-state index in [0.717, 1.165) is 18.4 Å². The molecule has 0 aliphatic carbocycles. The Labute approximate surface area is 111 Å². The van der Waals surface area contributed by atoms with Crippen molar-refractivity contribution in [1.29, 1.82) is 0 Å². The zero-order valence-electron chi connectivity index (χ0n) is 11.8. The van der Waals surface area contributed by atoms with Crippen LogP contribution in [0, 0.1) is 0 Å². The predicted octanol–water partition coefficient (Wildman–Crippen LogP) is 2.74. The lowest BCUT2D eigenvalue weighted by Gasteiger charge is -2.28. The largest absolute Gasteiger partial charge is 0.391 e. The highest BCUT2D eigenvalue weighted by Crippen LogP contribution is 2.20. The molecule has 102 valence electrons. The average molecular weight is 250 g/mol. The maximum absolute atomic E-state index is 10.3. The summed E-state index contributed by atoms with van der Waals surface area (Å²) in [5, 5.41) is 12.3. The minimum atomic E-state index is -0.346. The van der Waals surface area contributed by atoms with Gasteiger partial charge in [-0.2, -0.15) is 0 Å². The van der Waals surface area contributed by atoms with Gasteiger partial charge in [0.15, 0.2) is 0 Å². The van der Waals surface area contributed by atoms with Crippen LogP contribution in [0.2, 0.25) is 0 Å². The van der Waals surface area contributed by atoms with Crippen molar-refractivity contribution in [3.8, 4) is 0 Å². The van der Waals surface area contributed by atoms with Gasteiger partial charge in [-0.1, -0.05) is 56.5 Å². The number of hydrogen-bond acceptors (Lipinski definition) is 3. The summed E-state index contributed by atoms with van der Waals surface area (Å²) in [6.07, 6.45) is 3.94. The molecule has 0 heterocycles. The van der Waals surface area contributed by atoms with Crippen LogP contribution in [0.25, 0.3) is 0 Å². The number of hydrazine groups is 1. The molecule has 0 bridgehead atoms. The maximum atomic E-state index is 10.3. The molecule has 1 rings (SSSR count). The van der Waals surface area contributed by atoms with Crippen LogP contribution in [0.1, 0.15) is 44.2 Å². The number of rotatable bonds is 8. The molecule has 18 heavy (non-hydrogen) atoms. The fourth-order valence-corrected chi connectivity index (χ4v) is 2.09. The lowest BCUT2D eigenvalue weighted by molar-refractivity contribution is 0.0783. The molecule has 0 radical (unpaired) electrons. The van der Waals surface area contributed by atoms with Crippen LogP contribution >= 0.6 is 0 Å². The quantitative estimate of drug-likeness (QED) is 0.550. The molecule has 0 unspecified atom stereocenters. The van der Waals surface area contributed by atoms with Crippen molar-refractivity contribution >= 4 is 0 Å². The van der Waals surface area contributed by atoms with Crippen molar-refractivity contribution in [3.05, 3.63) is 35.9 Å². The molecular weight excluding hydrogens is 224 g/mol. The van der Waals surface area contributed by atoms with Gasteiger partial charge in [-0.3, -0.25) is 0 Å². The maximum Gasteiger partial charge on any atom is 0.0748 e. The first-order valence-corrected chi connectivity index (χ1v) is 6.81. The summed E-state index contributed by atoms with van der Waals surface area (Å²) < 4.78 is 0. The van der Waals surface area contributed by atoms with Crippen LogP contribution in [0.15, 0.2) is 30.3 Å². The molecule has 1 aromatic rings. The summed E-state index contributed by atoms with van der Waals surface area (Å²) in [6.45, 7) is 2.18. The Kier molecular flexibility index (Phi) is 6.94. The predicted molar refractivity (Wildman–Crippen MR) is 76.2 cm³/mol. The van der Waals surface area contributed by atoms with Crippen molar-refractivity contribution < 1.29 is 5.11 Å². The molecule has 0 fully saturated rings. The second kappa shape index (κ2) is 8.25. The van der Waals surface area contributed by atoms with Gasteiger partial charge in [-0.05, 0) is 12.0 Å². The van der Waals surface area contributed by atoms with Crippen molar-refractivity contribution in [3.63, 3.8) is 0 Å². The highest BCUT2D eigenvalue weighted by Gasteiger charge is 2.20.